The molecule has 0 amide bonds. The largest absolute Gasteiger partial charge is 0.502 e. The van der Waals surface area contributed by atoms with E-state index in [0.717, 1.165) is 18.7 Å². The predicted octanol–water partition coefficient (Wildman–Crippen LogP) is 2.38. The Hall–Kier alpha value is -1.29. The standard InChI is InChI=1S/C12H18FNO2/c1-4-14(5-2)8-9-6-10(13)12(15)11(7-9)16-3/h6-7,15H,4-5,8H2,1-3H3. The average Bonchev–Trinajstić information content (AvgIpc) is 2.30. The molecule has 3 nitrogen and oxygen atoms in total. The van der Waals surface area contributed by atoms with Crippen molar-refractivity contribution in [2.75, 3.05) is 20.2 Å². The van der Waals surface area contributed by atoms with Gasteiger partial charge in [-0.1, -0.05) is 13.8 Å². The maximum atomic E-state index is 13.3. The van der Waals surface area contributed by atoms with E-state index < -0.39 is 11.6 Å². The molecule has 0 aromatic heterocycles. The Balaban J connectivity index is 2.93. The molecule has 0 spiro atoms. The second-order valence-corrected chi connectivity index (χ2v) is 3.59. The van der Waals surface area contributed by atoms with Gasteiger partial charge in [0.05, 0.1) is 7.11 Å². The molecule has 0 aliphatic rings. The molecule has 0 unspecified atom stereocenters. The molecule has 1 N–H and O–H groups in total. The Bertz CT molecular complexity index is 351. The van der Waals surface area contributed by atoms with Crippen LogP contribution in [0.4, 0.5) is 4.39 Å². The number of methoxy groups -OCH3 is 1. The maximum Gasteiger partial charge on any atom is 0.194 e. The van der Waals surface area contributed by atoms with Crippen LogP contribution in [-0.2, 0) is 6.54 Å². The second-order valence-electron chi connectivity index (χ2n) is 3.59. The van der Waals surface area contributed by atoms with E-state index in [1.165, 1.54) is 13.2 Å². The van der Waals surface area contributed by atoms with Gasteiger partial charge in [0.15, 0.2) is 17.3 Å². The number of phenols is 1. The molecule has 4 heteroatoms. The lowest BCUT2D eigenvalue weighted by atomic mass is 10.1. The van der Waals surface area contributed by atoms with Crippen molar-refractivity contribution in [2.24, 2.45) is 0 Å². The fourth-order valence-electron chi connectivity index (χ4n) is 1.58. The first kappa shape index (κ1) is 12.8. The van der Waals surface area contributed by atoms with Crippen molar-refractivity contribution in [3.05, 3.63) is 23.5 Å². The van der Waals surface area contributed by atoms with Crippen LogP contribution in [-0.4, -0.2) is 30.2 Å². The number of phenolic OH excluding ortho intramolecular Hbond substituents is 1. The molecule has 0 fully saturated rings. The van der Waals surface area contributed by atoms with Crippen LogP contribution in [0.5, 0.6) is 11.5 Å². The first-order chi connectivity index (χ1) is 7.62. The molecule has 0 bridgehead atoms. The fourth-order valence-corrected chi connectivity index (χ4v) is 1.58. The molecule has 0 radical (unpaired) electrons. The molecule has 1 aromatic carbocycles. The smallest absolute Gasteiger partial charge is 0.194 e. The summed E-state index contributed by atoms with van der Waals surface area (Å²) in [6, 6.07) is 3.01. The molecule has 0 saturated carbocycles. The quantitative estimate of drug-likeness (QED) is 0.838. The summed E-state index contributed by atoms with van der Waals surface area (Å²) in [5, 5.41) is 9.36. The zero-order chi connectivity index (χ0) is 12.1. The minimum Gasteiger partial charge on any atom is -0.502 e. The SMILES string of the molecule is CCN(CC)Cc1cc(F)c(O)c(OC)c1. The summed E-state index contributed by atoms with van der Waals surface area (Å²) in [6.45, 7) is 6.57. The molecule has 16 heavy (non-hydrogen) atoms. The van der Waals surface area contributed by atoms with Gasteiger partial charge in [0.25, 0.3) is 0 Å². The van der Waals surface area contributed by atoms with Crippen LogP contribution in [0, 0.1) is 5.82 Å². The number of aromatic hydroxyl groups is 1. The maximum absolute atomic E-state index is 13.3. The lowest BCUT2D eigenvalue weighted by Gasteiger charge is -2.18. The number of nitrogens with zero attached hydrogens (tertiary/aromatic N) is 1. The molecule has 0 saturated heterocycles. The molecule has 0 heterocycles. The first-order valence-corrected chi connectivity index (χ1v) is 5.40. The van der Waals surface area contributed by atoms with E-state index in [1.807, 2.05) is 0 Å². The normalized spacial score (nSPS) is 10.8. The van der Waals surface area contributed by atoms with Crippen molar-refractivity contribution in [3.63, 3.8) is 0 Å². The van der Waals surface area contributed by atoms with E-state index in [-0.39, 0.29) is 5.75 Å². The minimum atomic E-state index is -0.637. The Morgan fingerprint density at radius 3 is 2.44 bits per heavy atom. The Morgan fingerprint density at radius 1 is 1.31 bits per heavy atom. The molecule has 0 aliphatic carbocycles. The highest BCUT2D eigenvalue weighted by Crippen LogP contribution is 2.30. The van der Waals surface area contributed by atoms with Crippen molar-refractivity contribution in [1.82, 2.24) is 4.90 Å². The Labute approximate surface area is 95.5 Å². The summed E-state index contributed by atoms with van der Waals surface area (Å²) in [6.07, 6.45) is 0. The summed E-state index contributed by atoms with van der Waals surface area (Å²) in [7, 11) is 1.41. The number of benzene rings is 1. The van der Waals surface area contributed by atoms with E-state index in [0.29, 0.717) is 6.54 Å². The van der Waals surface area contributed by atoms with Crippen LogP contribution in [0.2, 0.25) is 0 Å². The topological polar surface area (TPSA) is 32.7 Å². The Morgan fingerprint density at radius 2 is 1.94 bits per heavy atom. The fraction of sp³-hybridized carbons (Fsp3) is 0.500. The van der Waals surface area contributed by atoms with Gasteiger partial charge in [-0.2, -0.15) is 0 Å². The third-order valence-electron chi connectivity index (χ3n) is 2.61. The molecular weight excluding hydrogens is 209 g/mol. The number of halogens is 1. The molecule has 90 valence electrons. The molecule has 0 aliphatic heterocycles. The summed E-state index contributed by atoms with van der Waals surface area (Å²) in [4.78, 5) is 2.16. The molecular formula is C12H18FNO2. The molecule has 0 atom stereocenters. The highest BCUT2D eigenvalue weighted by Gasteiger charge is 2.11. The van der Waals surface area contributed by atoms with Gasteiger partial charge in [-0.25, -0.2) is 4.39 Å². The van der Waals surface area contributed by atoms with E-state index in [1.54, 1.807) is 6.07 Å². The predicted molar refractivity (Wildman–Crippen MR) is 61.2 cm³/mol. The summed E-state index contributed by atoms with van der Waals surface area (Å²) >= 11 is 0. The van der Waals surface area contributed by atoms with Crippen LogP contribution in [0.3, 0.4) is 0 Å². The van der Waals surface area contributed by atoms with Crippen molar-refractivity contribution in [2.45, 2.75) is 20.4 Å². The molecule has 1 aromatic rings. The van der Waals surface area contributed by atoms with Crippen molar-refractivity contribution >= 4 is 0 Å². The highest BCUT2D eigenvalue weighted by molar-refractivity contribution is 5.43. The minimum absolute atomic E-state index is 0.183. The van der Waals surface area contributed by atoms with Crippen LogP contribution >= 0.6 is 0 Å². The van der Waals surface area contributed by atoms with Crippen LogP contribution in [0.15, 0.2) is 12.1 Å². The van der Waals surface area contributed by atoms with Gasteiger partial charge in [-0.05, 0) is 30.8 Å². The second kappa shape index (κ2) is 5.70. The van der Waals surface area contributed by atoms with E-state index in [4.69, 9.17) is 4.74 Å². The van der Waals surface area contributed by atoms with Gasteiger partial charge in [0.1, 0.15) is 0 Å². The monoisotopic (exact) mass is 227 g/mol. The van der Waals surface area contributed by atoms with Crippen molar-refractivity contribution in [3.8, 4) is 11.5 Å². The summed E-state index contributed by atoms with van der Waals surface area (Å²) < 4.78 is 18.2. The molecule has 1 rings (SSSR count). The number of hydrogen-bond donors (Lipinski definition) is 1. The lowest BCUT2D eigenvalue weighted by molar-refractivity contribution is 0.293. The van der Waals surface area contributed by atoms with Gasteiger partial charge >= 0.3 is 0 Å². The van der Waals surface area contributed by atoms with Gasteiger partial charge < -0.3 is 9.84 Å². The zero-order valence-electron chi connectivity index (χ0n) is 9.96. The van der Waals surface area contributed by atoms with Gasteiger partial charge in [-0.15, -0.1) is 0 Å². The van der Waals surface area contributed by atoms with E-state index in [9.17, 15) is 9.50 Å². The van der Waals surface area contributed by atoms with Crippen LogP contribution in [0.25, 0.3) is 0 Å². The summed E-state index contributed by atoms with van der Waals surface area (Å²) in [5.41, 5.74) is 0.802. The first-order valence-electron chi connectivity index (χ1n) is 5.40. The van der Waals surface area contributed by atoms with Crippen molar-refractivity contribution in [1.29, 1.82) is 0 Å². The van der Waals surface area contributed by atoms with Crippen molar-refractivity contribution < 1.29 is 14.2 Å². The third-order valence-corrected chi connectivity index (χ3v) is 2.61. The number of ether oxygens (including phenoxy) is 1. The third kappa shape index (κ3) is 2.85. The number of rotatable bonds is 5. The average molecular weight is 227 g/mol. The van der Waals surface area contributed by atoms with Crippen LogP contribution in [0.1, 0.15) is 19.4 Å². The van der Waals surface area contributed by atoms with Gasteiger partial charge in [0.2, 0.25) is 0 Å². The van der Waals surface area contributed by atoms with Gasteiger partial charge in [0, 0.05) is 6.54 Å². The Kier molecular flexibility index (Phi) is 4.55. The zero-order valence-corrected chi connectivity index (χ0v) is 9.96. The van der Waals surface area contributed by atoms with Gasteiger partial charge in [-0.3, -0.25) is 4.90 Å². The van der Waals surface area contributed by atoms with E-state index >= 15 is 0 Å². The van der Waals surface area contributed by atoms with E-state index in [2.05, 4.69) is 18.7 Å². The lowest BCUT2D eigenvalue weighted by Crippen LogP contribution is -2.22. The highest BCUT2D eigenvalue weighted by atomic mass is 19.1. The number of hydrogen-bond acceptors (Lipinski definition) is 3. The summed E-state index contributed by atoms with van der Waals surface area (Å²) in [5.74, 6) is -0.880. The van der Waals surface area contributed by atoms with Crippen LogP contribution < -0.4 is 4.74 Å².